The van der Waals surface area contributed by atoms with Crippen molar-refractivity contribution in [3.63, 3.8) is 0 Å². The minimum absolute atomic E-state index is 0.381. The van der Waals surface area contributed by atoms with Crippen molar-refractivity contribution >= 4 is 27.6 Å². The molecule has 140 valence electrons. The number of aryl methyl sites for hydroxylation is 3. The first-order valence-corrected chi connectivity index (χ1v) is 9.42. The van der Waals surface area contributed by atoms with Crippen LogP contribution in [0.5, 0.6) is 5.75 Å². The molecule has 3 rings (SSSR count). The summed E-state index contributed by atoms with van der Waals surface area (Å²) >= 11 is 0. The molecule has 0 fully saturated rings. The molecule has 1 aromatic carbocycles. The molecule has 0 radical (unpaired) electrons. The summed E-state index contributed by atoms with van der Waals surface area (Å²) in [6.45, 7) is 6.16. The molecule has 0 unspecified atom stereocenters. The third-order valence-electron chi connectivity index (χ3n) is 5.02. The highest BCUT2D eigenvalue weighted by Crippen LogP contribution is 2.39. The molecule has 0 saturated heterocycles. The van der Waals surface area contributed by atoms with Crippen molar-refractivity contribution in [2.75, 3.05) is 32.5 Å². The summed E-state index contributed by atoms with van der Waals surface area (Å²) in [4.78, 5) is 6.89. The molecule has 0 aliphatic heterocycles. The Kier molecular flexibility index (Phi) is 5.37. The largest absolute Gasteiger partial charge is 0.508 e. The monoisotopic (exact) mass is 354 g/mol. The molecular weight excluding hydrogens is 324 g/mol. The summed E-state index contributed by atoms with van der Waals surface area (Å²) in [5, 5.41) is 16.3. The van der Waals surface area contributed by atoms with Gasteiger partial charge in [-0.05, 0) is 58.1 Å². The van der Waals surface area contributed by atoms with E-state index < -0.39 is 0 Å². The van der Waals surface area contributed by atoms with Crippen molar-refractivity contribution < 1.29 is 5.11 Å². The Morgan fingerprint density at radius 1 is 1.23 bits per heavy atom. The van der Waals surface area contributed by atoms with E-state index in [0.29, 0.717) is 5.75 Å². The van der Waals surface area contributed by atoms with E-state index in [4.69, 9.17) is 4.98 Å². The summed E-state index contributed by atoms with van der Waals surface area (Å²) in [6, 6.07) is 3.83. The molecule has 0 amide bonds. The molecule has 2 heterocycles. The van der Waals surface area contributed by atoms with Gasteiger partial charge in [0.15, 0.2) is 0 Å². The van der Waals surface area contributed by atoms with Crippen LogP contribution >= 0.6 is 0 Å². The zero-order valence-electron chi connectivity index (χ0n) is 16.6. The number of phenols is 1. The second kappa shape index (κ2) is 7.54. The normalized spacial score (nSPS) is 11.8. The smallest absolute Gasteiger partial charge is 0.136 e. The van der Waals surface area contributed by atoms with E-state index in [2.05, 4.69) is 49.8 Å². The highest BCUT2D eigenvalue weighted by atomic mass is 16.3. The minimum atomic E-state index is 0.381. The number of rotatable bonds is 7. The Hall–Kier alpha value is -2.27. The van der Waals surface area contributed by atoms with Gasteiger partial charge in [-0.25, -0.2) is 4.98 Å². The maximum absolute atomic E-state index is 10.5. The van der Waals surface area contributed by atoms with Crippen molar-refractivity contribution in [2.45, 2.75) is 33.1 Å². The lowest BCUT2D eigenvalue weighted by Gasteiger charge is -2.12. The molecule has 26 heavy (non-hydrogen) atoms. The number of fused-ring (bicyclic) bond motifs is 3. The number of anilines is 1. The Labute approximate surface area is 155 Å². The van der Waals surface area contributed by atoms with Crippen LogP contribution in [0.3, 0.4) is 0 Å². The van der Waals surface area contributed by atoms with E-state index in [-0.39, 0.29) is 0 Å². The van der Waals surface area contributed by atoms with Gasteiger partial charge >= 0.3 is 0 Å². The highest BCUT2D eigenvalue weighted by Gasteiger charge is 2.19. The maximum atomic E-state index is 10.5. The molecule has 0 aliphatic carbocycles. The van der Waals surface area contributed by atoms with E-state index in [1.165, 1.54) is 5.52 Å². The summed E-state index contributed by atoms with van der Waals surface area (Å²) < 4.78 is 2.23. The Morgan fingerprint density at radius 2 is 2.00 bits per heavy atom. The molecule has 2 N–H and O–H groups in total. The fourth-order valence-corrected chi connectivity index (χ4v) is 3.81. The van der Waals surface area contributed by atoms with Crippen LogP contribution in [0.25, 0.3) is 21.8 Å². The number of nitrogens with one attached hydrogen (secondary N) is 1. The first-order valence-electron chi connectivity index (χ1n) is 9.42. The fourth-order valence-electron chi connectivity index (χ4n) is 3.81. The topological polar surface area (TPSA) is 53.3 Å². The number of benzene rings is 1. The number of aromatic nitrogens is 2. The molecule has 5 heteroatoms. The van der Waals surface area contributed by atoms with Crippen LogP contribution < -0.4 is 5.32 Å². The van der Waals surface area contributed by atoms with Gasteiger partial charge in [0.05, 0.1) is 10.9 Å². The second-order valence-corrected chi connectivity index (χ2v) is 7.36. The highest BCUT2D eigenvalue weighted by molar-refractivity contribution is 6.15. The third-order valence-corrected chi connectivity index (χ3v) is 5.02. The molecule has 0 spiro atoms. The number of aromatic hydroxyl groups is 1. The van der Waals surface area contributed by atoms with E-state index in [1.54, 1.807) is 0 Å². The van der Waals surface area contributed by atoms with Gasteiger partial charge in [-0.1, -0.05) is 13.3 Å². The van der Waals surface area contributed by atoms with Crippen molar-refractivity contribution in [2.24, 2.45) is 7.05 Å². The van der Waals surface area contributed by atoms with Crippen LogP contribution in [-0.2, 0) is 13.5 Å². The predicted molar refractivity (Wildman–Crippen MR) is 110 cm³/mol. The summed E-state index contributed by atoms with van der Waals surface area (Å²) in [5.74, 6) is 1.30. The van der Waals surface area contributed by atoms with Crippen LogP contribution in [0, 0.1) is 6.92 Å². The van der Waals surface area contributed by atoms with Crippen LogP contribution in [0.2, 0.25) is 0 Å². The Morgan fingerprint density at radius 3 is 2.69 bits per heavy atom. The molecule has 0 bridgehead atoms. The second-order valence-electron chi connectivity index (χ2n) is 7.36. The Bertz CT molecular complexity index is 927. The average molecular weight is 354 g/mol. The van der Waals surface area contributed by atoms with Crippen LogP contribution in [0.15, 0.2) is 18.3 Å². The third kappa shape index (κ3) is 3.23. The summed E-state index contributed by atoms with van der Waals surface area (Å²) in [5.41, 5.74) is 4.51. The van der Waals surface area contributed by atoms with Crippen LogP contribution in [-0.4, -0.2) is 46.7 Å². The van der Waals surface area contributed by atoms with Crippen LogP contribution in [0.1, 0.15) is 30.9 Å². The van der Waals surface area contributed by atoms with E-state index in [1.807, 2.05) is 18.3 Å². The van der Waals surface area contributed by atoms with Gasteiger partial charge in [-0.15, -0.1) is 0 Å². The molecule has 5 nitrogen and oxygen atoms in total. The van der Waals surface area contributed by atoms with Crippen molar-refractivity contribution in [1.82, 2.24) is 14.5 Å². The quantitative estimate of drug-likeness (QED) is 0.628. The number of hydrogen-bond acceptors (Lipinski definition) is 4. The standard InChI is InChI=1S/C21H30N4O/c1-6-8-15-17(26)10-9-16-18(15)19-20(25(16)5)14(2)13-23-21(19)22-11-7-12-24(3)4/h9-10,13,26H,6-8,11-12H2,1-5H3,(H,22,23). The molecule has 0 saturated carbocycles. The van der Waals surface area contributed by atoms with Gasteiger partial charge in [-0.3, -0.25) is 0 Å². The van der Waals surface area contributed by atoms with Gasteiger partial charge in [0.25, 0.3) is 0 Å². The van der Waals surface area contributed by atoms with Gasteiger partial charge in [0, 0.05) is 36.3 Å². The van der Waals surface area contributed by atoms with Crippen molar-refractivity contribution in [3.8, 4) is 5.75 Å². The predicted octanol–water partition coefficient (Wildman–Crippen LogP) is 4.06. The zero-order chi connectivity index (χ0) is 18.8. The number of phenolic OH excluding ortho intramolecular Hbond substituents is 1. The molecular formula is C21H30N4O. The first kappa shape index (κ1) is 18.5. The first-order chi connectivity index (χ1) is 12.5. The van der Waals surface area contributed by atoms with E-state index >= 15 is 0 Å². The van der Waals surface area contributed by atoms with Gasteiger partial charge in [0.1, 0.15) is 11.6 Å². The summed E-state index contributed by atoms with van der Waals surface area (Å²) in [6.07, 6.45) is 4.85. The lowest BCUT2D eigenvalue weighted by Crippen LogP contribution is -2.16. The number of hydrogen-bond donors (Lipinski definition) is 2. The lowest BCUT2D eigenvalue weighted by molar-refractivity contribution is 0.405. The number of pyridine rings is 1. The molecule has 0 aliphatic rings. The lowest BCUT2D eigenvalue weighted by atomic mass is 10.0. The summed E-state index contributed by atoms with van der Waals surface area (Å²) in [7, 11) is 6.28. The SMILES string of the molecule is CCCc1c(O)ccc2c1c1c(NCCCN(C)C)ncc(C)c1n2C. The minimum Gasteiger partial charge on any atom is -0.508 e. The fraction of sp³-hybridized carbons (Fsp3) is 0.476. The van der Waals surface area contributed by atoms with Crippen molar-refractivity contribution in [1.29, 1.82) is 0 Å². The Balaban J connectivity index is 2.18. The van der Waals surface area contributed by atoms with Gasteiger partial charge < -0.3 is 19.9 Å². The van der Waals surface area contributed by atoms with Crippen LogP contribution in [0.4, 0.5) is 5.82 Å². The van der Waals surface area contributed by atoms with Gasteiger partial charge in [0.2, 0.25) is 0 Å². The van der Waals surface area contributed by atoms with Gasteiger partial charge in [-0.2, -0.15) is 0 Å². The van der Waals surface area contributed by atoms with Crippen molar-refractivity contribution in [3.05, 3.63) is 29.5 Å². The zero-order valence-corrected chi connectivity index (χ0v) is 16.6. The molecule has 2 aromatic heterocycles. The maximum Gasteiger partial charge on any atom is 0.136 e. The molecule has 3 aromatic rings. The van der Waals surface area contributed by atoms with E-state index in [9.17, 15) is 5.11 Å². The average Bonchev–Trinajstić information content (AvgIpc) is 2.90. The van der Waals surface area contributed by atoms with E-state index in [0.717, 1.165) is 65.6 Å². The number of nitrogens with zero attached hydrogens (tertiary/aromatic N) is 3. The molecule has 0 atom stereocenters.